The number of allylic oxidation sites excluding steroid dienone is 1. The van der Waals surface area contributed by atoms with Crippen LogP contribution in [-0.2, 0) is 9.59 Å². The standard InChI is InChI=1S/C16H11NO4S2/c1-9-2-3-10(5-13(9)17(20)21)11-4-12(22-8-11)6-15-14(18)7-16(19)23-15/h2-6,8H,7H2,1H3. The van der Waals surface area contributed by atoms with Crippen molar-refractivity contribution in [1.82, 2.24) is 0 Å². The molecule has 0 saturated carbocycles. The molecule has 0 spiro atoms. The Morgan fingerprint density at radius 1 is 1.22 bits per heavy atom. The number of hydrogen-bond donors (Lipinski definition) is 0. The summed E-state index contributed by atoms with van der Waals surface area (Å²) in [7, 11) is 0. The molecule has 2 heterocycles. The van der Waals surface area contributed by atoms with Crippen LogP contribution in [0.1, 0.15) is 16.9 Å². The minimum Gasteiger partial charge on any atom is -0.293 e. The molecule has 2 aromatic rings. The van der Waals surface area contributed by atoms with E-state index in [1.807, 2.05) is 17.5 Å². The van der Waals surface area contributed by atoms with E-state index in [4.69, 9.17) is 0 Å². The Hall–Kier alpha value is -2.25. The highest BCUT2D eigenvalue weighted by Gasteiger charge is 2.25. The molecule has 0 atom stereocenters. The number of ketones is 1. The second kappa shape index (κ2) is 6.10. The molecule has 23 heavy (non-hydrogen) atoms. The van der Waals surface area contributed by atoms with Crippen molar-refractivity contribution in [2.24, 2.45) is 0 Å². The van der Waals surface area contributed by atoms with Crippen LogP contribution in [0.2, 0.25) is 0 Å². The number of aryl methyl sites for hydroxylation is 1. The van der Waals surface area contributed by atoms with E-state index in [0.29, 0.717) is 10.5 Å². The molecule has 0 amide bonds. The molecule has 1 aliphatic rings. The number of benzene rings is 1. The number of Topliss-reactive ketones (excluding diaryl/α,β-unsaturated/α-hetero) is 1. The highest BCUT2D eigenvalue weighted by Crippen LogP contribution is 2.34. The van der Waals surface area contributed by atoms with Crippen molar-refractivity contribution in [3.63, 3.8) is 0 Å². The fourth-order valence-electron chi connectivity index (χ4n) is 2.24. The SMILES string of the molecule is Cc1ccc(-c2csc(C=C3SC(=O)CC3=O)c2)cc1[N+](=O)[O-]. The van der Waals surface area contributed by atoms with Crippen molar-refractivity contribution >= 4 is 45.8 Å². The minimum absolute atomic E-state index is 0.0428. The number of thiophene rings is 1. The molecule has 0 bridgehead atoms. The van der Waals surface area contributed by atoms with Gasteiger partial charge in [0.15, 0.2) is 5.78 Å². The first-order chi connectivity index (χ1) is 10.9. The van der Waals surface area contributed by atoms with Crippen LogP contribution >= 0.6 is 23.1 Å². The van der Waals surface area contributed by atoms with Crippen molar-refractivity contribution in [2.75, 3.05) is 0 Å². The Kier molecular flexibility index (Phi) is 4.14. The second-order valence-electron chi connectivity index (χ2n) is 5.08. The minimum atomic E-state index is -0.395. The third kappa shape index (κ3) is 3.25. The summed E-state index contributed by atoms with van der Waals surface area (Å²) >= 11 is 2.40. The van der Waals surface area contributed by atoms with Crippen molar-refractivity contribution in [2.45, 2.75) is 13.3 Å². The largest absolute Gasteiger partial charge is 0.293 e. The van der Waals surface area contributed by atoms with Crippen molar-refractivity contribution in [3.05, 3.63) is 55.1 Å². The molecule has 1 fully saturated rings. The Morgan fingerprint density at radius 2 is 2.00 bits per heavy atom. The summed E-state index contributed by atoms with van der Waals surface area (Å²) in [5.74, 6) is -0.152. The predicted molar refractivity (Wildman–Crippen MR) is 91.3 cm³/mol. The van der Waals surface area contributed by atoms with Gasteiger partial charge >= 0.3 is 0 Å². The maximum absolute atomic E-state index is 11.6. The number of thioether (sulfide) groups is 1. The van der Waals surface area contributed by atoms with Crippen LogP contribution in [0.15, 0.2) is 34.6 Å². The second-order valence-corrected chi connectivity index (χ2v) is 7.12. The van der Waals surface area contributed by atoms with Gasteiger partial charge in [-0.2, -0.15) is 0 Å². The molecule has 0 unspecified atom stereocenters. The molecule has 0 N–H and O–H groups in total. The van der Waals surface area contributed by atoms with Crippen LogP contribution in [0.25, 0.3) is 17.2 Å². The van der Waals surface area contributed by atoms with Gasteiger partial charge in [0.1, 0.15) is 0 Å². The number of nitro groups is 1. The van der Waals surface area contributed by atoms with Gasteiger partial charge in [-0.25, -0.2) is 0 Å². The van der Waals surface area contributed by atoms with Crippen LogP contribution in [0.3, 0.4) is 0 Å². The Balaban J connectivity index is 1.92. The van der Waals surface area contributed by atoms with E-state index >= 15 is 0 Å². The molecular weight excluding hydrogens is 334 g/mol. The Labute approximate surface area is 140 Å². The molecule has 0 aliphatic carbocycles. The number of hydrogen-bond acceptors (Lipinski definition) is 6. The zero-order valence-electron chi connectivity index (χ0n) is 12.1. The average molecular weight is 345 g/mol. The number of carbonyl (C=O) groups excluding carboxylic acids is 2. The van der Waals surface area contributed by atoms with Gasteiger partial charge in [0.25, 0.3) is 5.69 Å². The van der Waals surface area contributed by atoms with Gasteiger partial charge in [-0.15, -0.1) is 11.3 Å². The third-order valence-corrected chi connectivity index (χ3v) is 5.25. The summed E-state index contributed by atoms with van der Waals surface area (Å²) in [5.41, 5.74) is 2.31. The smallest absolute Gasteiger partial charge is 0.272 e. The van der Waals surface area contributed by atoms with Crippen LogP contribution in [0.5, 0.6) is 0 Å². The van der Waals surface area contributed by atoms with Crippen LogP contribution < -0.4 is 0 Å². The Bertz CT molecular complexity index is 867. The van der Waals surface area contributed by atoms with Crippen LogP contribution in [0, 0.1) is 17.0 Å². The van der Waals surface area contributed by atoms with Crippen LogP contribution in [0.4, 0.5) is 5.69 Å². The van der Waals surface area contributed by atoms with E-state index in [2.05, 4.69) is 0 Å². The molecular formula is C16H11NO4S2. The van der Waals surface area contributed by atoms with Gasteiger partial charge < -0.3 is 0 Å². The lowest BCUT2D eigenvalue weighted by atomic mass is 10.1. The lowest BCUT2D eigenvalue weighted by Gasteiger charge is -2.00. The monoisotopic (exact) mass is 345 g/mol. The highest BCUT2D eigenvalue weighted by atomic mass is 32.2. The molecule has 5 nitrogen and oxygen atoms in total. The van der Waals surface area contributed by atoms with E-state index in [-0.39, 0.29) is 23.0 Å². The first kappa shape index (κ1) is 15.6. The maximum atomic E-state index is 11.6. The van der Waals surface area contributed by atoms with Gasteiger partial charge in [0, 0.05) is 16.5 Å². The van der Waals surface area contributed by atoms with E-state index in [1.54, 1.807) is 25.1 Å². The van der Waals surface area contributed by atoms with Crippen molar-refractivity contribution in [1.29, 1.82) is 0 Å². The zero-order valence-corrected chi connectivity index (χ0v) is 13.7. The molecule has 1 aromatic heterocycles. The van der Waals surface area contributed by atoms with E-state index in [9.17, 15) is 19.7 Å². The molecule has 1 aliphatic heterocycles. The number of nitro benzene ring substituents is 1. The van der Waals surface area contributed by atoms with Crippen molar-refractivity contribution in [3.8, 4) is 11.1 Å². The summed E-state index contributed by atoms with van der Waals surface area (Å²) in [6, 6.07) is 6.97. The van der Waals surface area contributed by atoms with E-state index in [1.165, 1.54) is 11.3 Å². The normalized spacial score (nSPS) is 16.3. The van der Waals surface area contributed by atoms with E-state index in [0.717, 1.165) is 27.8 Å². The molecule has 1 saturated heterocycles. The summed E-state index contributed by atoms with van der Waals surface area (Å²) in [6.45, 7) is 1.70. The summed E-state index contributed by atoms with van der Waals surface area (Å²) in [5, 5.41) is 12.8. The lowest BCUT2D eigenvalue weighted by Crippen LogP contribution is -1.91. The van der Waals surface area contributed by atoms with Crippen molar-refractivity contribution < 1.29 is 14.5 Å². The summed E-state index contributed by atoms with van der Waals surface area (Å²) < 4.78 is 0. The van der Waals surface area contributed by atoms with E-state index < -0.39 is 4.92 Å². The topological polar surface area (TPSA) is 77.3 Å². The molecule has 1 aromatic carbocycles. The van der Waals surface area contributed by atoms with Crippen LogP contribution in [-0.4, -0.2) is 15.8 Å². The number of nitrogens with zero attached hydrogens (tertiary/aromatic N) is 1. The van der Waals surface area contributed by atoms with Gasteiger partial charge in [-0.3, -0.25) is 19.7 Å². The fraction of sp³-hybridized carbons (Fsp3) is 0.125. The quantitative estimate of drug-likeness (QED) is 0.360. The fourth-order valence-corrected chi connectivity index (χ4v) is 3.98. The average Bonchev–Trinajstić information content (AvgIpc) is 3.06. The number of carbonyl (C=O) groups is 2. The number of rotatable bonds is 3. The first-order valence-electron chi connectivity index (χ1n) is 6.73. The third-order valence-electron chi connectivity index (χ3n) is 3.44. The molecule has 7 heteroatoms. The predicted octanol–water partition coefficient (Wildman–Crippen LogP) is 4.21. The summed E-state index contributed by atoms with van der Waals surface area (Å²) in [4.78, 5) is 34.8. The lowest BCUT2D eigenvalue weighted by molar-refractivity contribution is -0.385. The molecule has 116 valence electrons. The molecule has 0 radical (unpaired) electrons. The Morgan fingerprint density at radius 3 is 2.65 bits per heavy atom. The van der Waals surface area contributed by atoms with Gasteiger partial charge in [0.05, 0.1) is 16.2 Å². The summed E-state index contributed by atoms with van der Waals surface area (Å²) in [6.07, 6.45) is 1.66. The van der Waals surface area contributed by atoms with Gasteiger partial charge in [0.2, 0.25) is 5.12 Å². The first-order valence-corrected chi connectivity index (χ1v) is 8.43. The zero-order chi connectivity index (χ0) is 16.6. The molecule has 3 rings (SSSR count). The maximum Gasteiger partial charge on any atom is 0.272 e. The highest BCUT2D eigenvalue weighted by molar-refractivity contribution is 8.18. The van der Waals surface area contributed by atoms with Gasteiger partial charge in [-0.1, -0.05) is 12.1 Å². The van der Waals surface area contributed by atoms with Gasteiger partial charge in [-0.05, 0) is 47.3 Å².